The molecule has 1 saturated heterocycles. The van der Waals surface area contributed by atoms with Crippen LogP contribution in [0.15, 0.2) is 93.2 Å². The van der Waals surface area contributed by atoms with Crippen LogP contribution in [0.1, 0.15) is 16.4 Å². The number of thiazole rings is 1. The second-order valence-corrected chi connectivity index (χ2v) is 12.2. The molecular weight excluding hydrogens is 602 g/mol. The first-order valence-corrected chi connectivity index (χ1v) is 14.5. The van der Waals surface area contributed by atoms with E-state index in [9.17, 15) is 24.3 Å². The number of anilines is 2. The van der Waals surface area contributed by atoms with Crippen LogP contribution in [0.3, 0.4) is 0 Å². The molecule has 4 aromatic rings. The minimum Gasteiger partial charge on any atom is -0.508 e. The molecule has 2 aliphatic rings. The van der Waals surface area contributed by atoms with E-state index in [0.717, 1.165) is 27.6 Å². The largest absolute Gasteiger partial charge is 0.508 e. The van der Waals surface area contributed by atoms with E-state index in [2.05, 4.69) is 21.2 Å². The zero-order chi connectivity index (χ0) is 27.3. The van der Waals surface area contributed by atoms with Gasteiger partial charge in [0.2, 0.25) is 17.7 Å². The van der Waals surface area contributed by atoms with Gasteiger partial charge < -0.3 is 10.4 Å². The van der Waals surface area contributed by atoms with E-state index in [-0.39, 0.29) is 34.9 Å². The number of imide groups is 1. The van der Waals surface area contributed by atoms with Crippen LogP contribution >= 0.6 is 39.0 Å². The molecular formula is C28H20BrN3O5S2. The Labute approximate surface area is 239 Å². The first-order valence-electron chi connectivity index (χ1n) is 12.0. The Hall–Kier alpha value is -3.67. The van der Waals surface area contributed by atoms with Gasteiger partial charge >= 0.3 is 4.87 Å². The second kappa shape index (κ2) is 10.1. The highest BCUT2D eigenvalue weighted by atomic mass is 79.9. The highest BCUT2D eigenvalue weighted by Crippen LogP contribution is 2.54. The van der Waals surface area contributed by atoms with Crippen molar-refractivity contribution in [1.82, 2.24) is 4.57 Å². The van der Waals surface area contributed by atoms with Gasteiger partial charge in [0.05, 0.1) is 16.6 Å². The van der Waals surface area contributed by atoms with Gasteiger partial charge in [-0.2, -0.15) is 0 Å². The van der Waals surface area contributed by atoms with E-state index in [1.165, 1.54) is 21.6 Å². The first-order chi connectivity index (χ1) is 18.8. The summed E-state index contributed by atoms with van der Waals surface area (Å²) in [7, 11) is 0. The lowest BCUT2D eigenvalue weighted by Gasteiger charge is -2.30. The Morgan fingerprint density at radius 3 is 2.31 bits per heavy atom. The zero-order valence-electron chi connectivity index (χ0n) is 20.1. The normalized spacial score (nSPS) is 20.0. The predicted molar refractivity (Wildman–Crippen MR) is 153 cm³/mol. The van der Waals surface area contributed by atoms with Crippen molar-refractivity contribution in [3.05, 3.63) is 103 Å². The van der Waals surface area contributed by atoms with Crippen LogP contribution in [0.25, 0.3) is 0 Å². The third-order valence-electron chi connectivity index (χ3n) is 6.75. The fourth-order valence-corrected chi connectivity index (χ4v) is 8.04. The molecule has 1 fully saturated rings. The molecule has 0 spiro atoms. The van der Waals surface area contributed by atoms with Crippen LogP contribution in [-0.4, -0.2) is 32.6 Å². The number of para-hydroxylation sites is 1. The number of aromatic nitrogens is 1. The molecule has 39 heavy (non-hydrogen) atoms. The van der Waals surface area contributed by atoms with E-state index in [1.807, 2.05) is 6.07 Å². The minimum absolute atomic E-state index is 0.0642. The number of amides is 3. The molecule has 6 rings (SSSR count). The topological polar surface area (TPSA) is 109 Å². The Kier molecular flexibility index (Phi) is 6.66. The molecule has 0 bridgehead atoms. The Morgan fingerprint density at radius 2 is 1.62 bits per heavy atom. The van der Waals surface area contributed by atoms with Gasteiger partial charge in [-0.05, 0) is 54.1 Å². The molecule has 3 aromatic carbocycles. The molecule has 8 nitrogen and oxygen atoms in total. The number of benzene rings is 3. The molecule has 196 valence electrons. The van der Waals surface area contributed by atoms with Crippen LogP contribution in [0.4, 0.5) is 11.4 Å². The number of phenols is 1. The number of halogens is 1. The summed E-state index contributed by atoms with van der Waals surface area (Å²) in [4.78, 5) is 55.1. The van der Waals surface area contributed by atoms with Crippen molar-refractivity contribution < 1.29 is 19.5 Å². The number of rotatable bonds is 5. The smallest absolute Gasteiger partial charge is 0.308 e. The van der Waals surface area contributed by atoms with Crippen molar-refractivity contribution in [1.29, 1.82) is 0 Å². The molecule has 0 radical (unpaired) electrons. The molecule has 1 aromatic heterocycles. The maximum absolute atomic E-state index is 13.9. The van der Waals surface area contributed by atoms with Crippen molar-refractivity contribution in [3.63, 3.8) is 0 Å². The van der Waals surface area contributed by atoms with Gasteiger partial charge in [0, 0.05) is 21.0 Å². The summed E-state index contributed by atoms with van der Waals surface area (Å²) in [5, 5.41) is 12.4. The lowest BCUT2D eigenvalue weighted by molar-refractivity contribution is -0.122. The fourth-order valence-electron chi connectivity index (χ4n) is 5.01. The quantitative estimate of drug-likeness (QED) is 0.310. The number of carbonyl (C=O) groups is 3. The van der Waals surface area contributed by atoms with E-state index in [1.54, 1.807) is 60.7 Å². The van der Waals surface area contributed by atoms with Gasteiger partial charge in [0.1, 0.15) is 17.5 Å². The number of aromatic hydroxyl groups is 1. The summed E-state index contributed by atoms with van der Waals surface area (Å²) in [6, 6.07) is 22.3. The first kappa shape index (κ1) is 25.6. The number of carbonyl (C=O) groups excluding carboxylic acids is 3. The summed E-state index contributed by atoms with van der Waals surface area (Å²) >= 11 is 5.52. The fraction of sp³-hybridized carbons (Fsp3) is 0.143. The number of nitrogens with one attached hydrogen (secondary N) is 1. The van der Waals surface area contributed by atoms with E-state index in [4.69, 9.17) is 0 Å². The predicted octanol–water partition coefficient (Wildman–Crippen LogP) is 4.81. The van der Waals surface area contributed by atoms with Crippen LogP contribution in [0, 0.1) is 5.92 Å². The van der Waals surface area contributed by atoms with Crippen LogP contribution in [-0.2, 0) is 20.9 Å². The van der Waals surface area contributed by atoms with Gasteiger partial charge in [-0.25, -0.2) is 4.90 Å². The van der Waals surface area contributed by atoms with Crippen LogP contribution in [0.2, 0.25) is 0 Å². The Morgan fingerprint density at radius 1 is 0.923 bits per heavy atom. The number of thioether (sulfide) groups is 1. The number of nitrogens with zero attached hydrogens (tertiary/aromatic N) is 2. The van der Waals surface area contributed by atoms with Gasteiger partial charge in [-0.3, -0.25) is 23.7 Å². The van der Waals surface area contributed by atoms with Crippen molar-refractivity contribution in [2.45, 2.75) is 22.7 Å². The van der Waals surface area contributed by atoms with Gasteiger partial charge in [-0.1, -0.05) is 69.4 Å². The summed E-state index contributed by atoms with van der Waals surface area (Å²) in [6.07, 6.45) is 0. The molecule has 0 saturated carbocycles. The molecule has 2 aliphatic heterocycles. The van der Waals surface area contributed by atoms with E-state index in [0.29, 0.717) is 26.8 Å². The van der Waals surface area contributed by atoms with Gasteiger partial charge in [0.15, 0.2) is 0 Å². The van der Waals surface area contributed by atoms with Crippen molar-refractivity contribution in [2.75, 3.05) is 10.2 Å². The number of hydrogen-bond acceptors (Lipinski definition) is 7. The molecule has 3 heterocycles. The van der Waals surface area contributed by atoms with Crippen molar-refractivity contribution in [3.8, 4) is 5.75 Å². The lowest BCUT2D eigenvalue weighted by atomic mass is 9.83. The number of phenolic OH excluding ortho intramolecular Hbond substituents is 1. The maximum atomic E-state index is 13.9. The Balaban J connectivity index is 1.42. The monoisotopic (exact) mass is 621 g/mol. The summed E-state index contributed by atoms with van der Waals surface area (Å²) in [6.45, 7) is -0.231. The summed E-state index contributed by atoms with van der Waals surface area (Å²) < 4.78 is 2.20. The third-order valence-corrected chi connectivity index (χ3v) is 9.88. The average Bonchev–Trinajstić information content (AvgIpc) is 3.36. The molecule has 3 amide bonds. The zero-order valence-corrected chi connectivity index (χ0v) is 23.3. The van der Waals surface area contributed by atoms with E-state index >= 15 is 0 Å². The maximum Gasteiger partial charge on any atom is 0.308 e. The summed E-state index contributed by atoms with van der Waals surface area (Å²) in [5.74, 6) is -2.39. The number of hydrogen-bond donors (Lipinski definition) is 2. The summed E-state index contributed by atoms with van der Waals surface area (Å²) in [5.41, 5.74) is 1.77. The number of fused-ring (bicyclic) bond motifs is 2. The van der Waals surface area contributed by atoms with Gasteiger partial charge in [0.25, 0.3) is 0 Å². The SMILES string of the molecule is O=C(Cn1c2c(sc1=O)[C@@H](c1ccc(O)cc1)C1C(=O)N(c3ccc(Br)cc3)C(=O)C1S2)Nc1ccccc1. The molecule has 11 heteroatoms. The van der Waals surface area contributed by atoms with Crippen LogP contribution in [0.5, 0.6) is 5.75 Å². The Bertz CT molecular complexity index is 1650. The lowest BCUT2D eigenvalue weighted by Crippen LogP contribution is -2.33. The minimum atomic E-state index is -0.787. The molecule has 2 unspecified atom stereocenters. The molecule has 2 N–H and O–H groups in total. The highest BCUT2D eigenvalue weighted by molar-refractivity contribution is 9.10. The van der Waals surface area contributed by atoms with Crippen molar-refractivity contribution in [2.24, 2.45) is 5.92 Å². The van der Waals surface area contributed by atoms with Gasteiger partial charge in [-0.15, -0.1) is 0 Å². The molecule has 0 aliphatic carbocycles. The third kappa shape index (κ3) is 4.60. The van der Waals surface area contributed by atoms with E-state index < -0.39 is 17.1 Å². The standard InChI is InChI=1S/C28H20BrN3O5S2/c29-16-8-10-18(11-9-16)32-25(35)22-21(15-6-12-19(33)13-7-15)24-27(38-23(22)26(32)36)31(28(37)39-24)14-20(34)30-17-4-2-1-3-5-17/h1-13,21-23,33H,14H2,(H,30,34)/t21-,22?,23?/m0/s1. The molecule has 3 atom stereocenters. The average molecular weight is 623 g/mol. The van der Waals surface area contributed by atoms with Crippen LogP contribution < -0.4 is 15.1 Å². The second-order valence-electron chi connectivity index (χ2n) is 9.16. The highest BCUT2D eigenvalue weighted by Gasteiger charge is 2.56. The van der Waals surface area contributed by atoms with Crippen molar-refractivity contribution >= 4 is 68.1 Å².